The van der Waals surface area contributed by atoms with Crippen molar-refractivity contribution < 1.29 is 24.9 Å². The molecule has 5 atom stereocenters. The molecule has 2 heterocycles. The number of nitrogens with one attached hydrogen (secondary N) is 1. The third kappa shape index (κ3) is 6.80. The number of hydrogen-bond acceptors (Lipinski definition) is 8. The van der Waals surface area contributed by atoms with Gasteiger partial charge in [0, 0.05) is 41.0 Å². The molecule has 4 rings (SSSR count). The minimum absolute atomic E-state index is 0.0482. The first-order valence-corrected chi connectivity index (χ1v) is 15.0. The molecular weight excluding hydrogens is 538 g/mol. The van der Waals surface area contributed by atoms with E-state index in [2.05, 4.69) is 60.5 Å². The van der Waals surface area contributed by atoms with Crippen LogP contribution in [0.3, 0.4) is 0 Å². The van der Waals surface area contributed by atoms with E-state index in [0.29, 0.717) is 5.57 Å². The number of fused-ring (bicyclic) bond motifs is 1. The van der Waals surface area contributed by atoms with Gasteiger partial charge in [0.2, 0.25) is 0 Å². The highest BCUT2D eigenvalue weighted by Gasteiger charge is 2.41. The van der Waals surface area contributed by atoms with Crippen molar-refractivity contribution in [2.24, 2.45) is 5.92 Å². The van der Waals surface area contributed by atoms with Gasteiger partial charge in [-0.25, -0.2) is 0 Å². The minimum Gasteiger partial charge on any atom is -0.390 e. The molecule has 2 aromatic carbocycles. The predicted molar refractivity (Wildman–Crippen MR) is 163 cm³/mol. The summed E-state index contributed by atoms with van der Waals surface area (Å²) in [4.78, 5) is 17.1. The van der Waals surface area contributed by atoms with Gasteiger partial charge in [0.15, 0.2) is 6.29 Å². The van der Waals surface area contributed by atoms with Gasteiger partial charge >= 0.3 is 0 Å². The van der Waals surface area contributed by atoms with Crippen LogP contribution >= 0.6 is 11.3 Å². The van der Waals surface area contributed by atoms with Crippen molar-refractivity contribution in [2.45, 2.75) is 65.1 Å². The summed E-state index contributed by atoms with van der Waals surface area (Å²) >= 11 is 1.50. The number of carbonyl (C=O) groups excluding carboxylic acids is 1. The number of amides is 1. The summed E-state index contributed by atoms with van der Waals surface area (Å²) in [5, 5.41) is 45.0. The van der Waals surface area contributed by atoms with Crippen LogP contribution in [0.1, 0.15) is 45.4 Å². The smallest absolute Gasteiger partial charge is 0.262 e. The fourth-order valence-corrected chi connectivity index (χ4v) is 6.16. The van der Waals surface area contributed by atoms with E-state index in [1.807, 2.05) is 18.2 Å². The molecule has 1 saturated heterocycles. The van der Waals surface area contributed by atoms with Gasteiger partial charge in [0.25, 0.3) is 5.91 Å². The van der Waals surface area contributed by atoms with Crippen LogP contribution in [0.25, 0.3) is 26.8 Å². The van der Waals surface area contributed by atoms with Crippen LogP contribution in [0.4, 0.5) is 5.69 Å². The normalized spacial score (nSPS) is 23.1. The first kappa shape index (κ1) is 30.7. The highest BCUT2D eigenvalue weighted by molar-refractivity contribution is 7.16. The Balaban J connectivity index is 1.50. The number of anilines is 1. The molecule has 9 heteroatoms. The van der Waals surface area contributed by atoms with Crippen LogP contribution in [0.2, 0.25) is 0 Å². The number of aliphatic hydroxyl groups is 3. The second-order valence-electron chi connectivity index (χ2n) is 10.6. The molecule has 0 radical (unpaired) electrons. The number of rotatable bonds is 10. The number of hydrogen-bond donors (Lipinski definition) is 4. The highest BCUT2D eigenvalue weighted by atomic mass is 32.1. The zero-order valence-electron chi connectivity index (χ0n) is 24.0. The topological polar surface area (TPSA) is 126 Å². The zero-order chi connectivity index (χ0) is 29.7. The van der Waals surface area contributed by atoms with Gasteiger partial charge < -0.3 is 30.3 Å². The quantitative estimate of drug-likeness (QED) is 0.204. The molecule has 3 aromatic rings. The van der Waals surface area contributed by atoms with Crippen LogP contribution in [0.5, 0.6) is 0 Å². The average molecular weight is 578 g/mol. The largest absolute Gasteiger partial charge is 0.390 e. The second kappa shape index (κ2) is 13.6. The number of ether oxygens (including phenoxy) is 1. The van der Waals surface area contributed by atoms with Crippen molar-refractivity contribution in [3.05, 3.63) is 59.0 Å². The van der Waals surface area contributed by atoms with Crippen molar-refractivity contribution >= 4 is 39.3 Å². The Morgan fingerprint density at radius 2 is 1.71 bits per heavy atom. The first-order valence-electron chi connectivity index (χ1n) is 14.2. The van der Waals surface area contributed by atoms with Crippen LogP contribution < -0.4 is 10.2 Å². The van der Waals surface area contributed by atoms with Crippen molar-refractivity contribution in [1.29, 1.82) is 5.26 Å². The molecule has 1 unspecified atom stereocenters. The van der Waals surface area contributed by atoms with Gasteiger partial charge in [-0.15, -0.1) is 11.3 Å². The fourth-order valence-electron chi connectivity index (χ4n) is 5.15. The van der Waals surface area contributed by atoms with Gasteiger partial charge in [0.05, 0.1) is 6.10 Å². The number of aliphatic hydroxyl groups excluding tert-OH is 3. The Morgan fingerprint density at radius 1 is 1.02 bits per heavy atom. The lowest BCUT2D eigenvalue weighted by atomic mass is 9.92. The molecule has 0 bridgehead atoms. The predicted octanol–water partition coefficient (Wildman–Crippen LogP) is 4.68. The van der Waals surface area contributed by atoms with Gasteiger partial charge in [-0.2, -0.15) is 5.26 Å². The van der Waals surface area contributed by atoms with Crippen LogP contribution in [0, 0.1) is 17.2 Å². The molecule has 8 nitrogen and oxygen atoms in total. The maximum absolute atomic E-state index is 12.9. The Bertz CT molecular complexity index is 1440. The van der Waals surface area contributed by atoms with E-state index >= 15 is 0 Å². The molecule has 1 aliphatic rings. The van der Waals surface area contributed by atoms with Gasteiger partial charge in [-0.05, 0) is 72.0 Å². The second-order valence-corrected chi connectivity index (χ2v) is 11.7. The first-order chi connectivity index (χ1) is 19.7. The van der Waals surface area contributed by atoms with Crippen molar-refractivity contribution in [2.75, 3.05) is 24.5 Å². The summed E-state index contributed by atoms with van der Waals surface area (Å²) < 4.78 is 5.34. The average Bonchev–Trinajstić information content (AvgIpc) is 3.47. The number of nitriles is 1. The number of allylic oxidation sites excluding steroid dienone is 1. The molecule has 4 N–H and O–H groups in total. The monoisotopic (exact) mass is 577 g/mol. The SMILES string of the molecule is CCCN(CCC)c1ccc2cc(-c3ccc(/C(C)=C(\C#N)C(=O)NC[C@H]4OC(O)[C@H](C)[C@@H](O)[C@@H]4O)s3)ccc2c1. The number of thiophene rings is 1. The molecule has 0 spiro atoms. The third-order valence-corrected chi connectivity index (χ3v) is 8.90. The molecule has 0 aliphatic carbocycles. The standard InChI is InChI=1S/C32H39N3O5S/c1-5-13-35(14-6-2)24-10-9-21-15-23(8-7-22(21)16-24)28-12-11-27(41-28)19(3)25(17-33)31(38)34-18-26-30(37)29(36)20(4)32(39)40-26/h7-12,15-16,20,26,29-30,32,36-37,39H,5-6,13-14,18H2,1-4H3,(H,34,38)/b25-19+/t20-,26-,29-,30-,32?/m1/s1. The molecule has 41 heavy (non-hydrogen) atoms. The molecule has 0 saturated carbocycles. The zero-order valence-corrected chi connectivity index (χ0v) is 24.8. The lowest BCUT2D eigenvalue weighted by Crippen LogP contribution is -2.56. The molecule has 218 valence electrons. The molecule has 1 amide bonds. The van der Waals surface area contributed by atoms with E-state index in [1.54, 1.807) is 13.8 Å². The van der Waals surface area contributed by atoms with E-state index in [0.717, 1.165) is 46.6 Å². The van der Waals surface area contributed by atoms with Crippen molar-refractivity contribution in [3.63, 3.8) is 0 Å². The van der Waals surface area contributed by atoms with Crippen LogP contribution in [-0.4, -0.2) is 65.5 Å². The summed E-state index contributed by atoms with van der Waals surface area (Å²) in [6, 6.07) is 18.9. The highest BCUT2D eigenvalue weighted by Crippen LogP contribution is 2.35. The molecule has 1 aromatic heterocycles. The summed E-state index contributed by atoms with van der Waals surface area (Å²) in [6.45, 7) is 9.59. The molecule has 1 aliphatic heterocycles. The van der Waals surface area contributed by atoms with E-state index in [-0.39, 0.29) is 12.1 Å². The van der Waals surface area contributed by atoms with E-state index < -0.39 is 36.4 Å². The summed E-state index contributed by atoms with van der Waals surface area (Å²) in [5.41, 5.74) is 2.79. The number of carbonyl (C=O) groups is 1. The van der Waals surface area contributed by atoms with Crippen LogP contribution in [-0.2, 0) is 9.53 Å². The van der Waals surface area contributed by atoms with E-state index in [1.165, 1.54) is 22.4 Å². The Labute approximate surface area is 245 Å². The Hall–Kier alpha value is -3.26. The fraction of sp³-hybridized carbons (Fsp3) is 0.438. The third-order valence-electron chi connectivity index (χ3n) is 7.65. The number of nitrogens with zero attached hydrogens (tertiary/aromatic N) is 2. The van der Waals surface area contributed by atoms with Crippen LogP contribution in [0.15, 0.2) is 54.1 Å². The number of benzene rings is 2. The van der Waals surface area contributed by atoms with E-state index in [9.17, 15) is 25.4 Å². The van der Waals surface area contributed by atoms with Gasteiger partial charge in [-0.1, -0.05) is 39.0 Å². The summed E-state index contributed by atoms with van der Waals surface area (Å²) in [7, 11) is 0. The molecular formula is C32H39N3O5S. The maximum atomic E-state index is 12.9. The Morgan fingerprint density at radius 3 is 2.39 bits per heavy atom. The summed E-state index contributed by atoms with van der Waals surface area (Å²) in [5.74, 6) is -1.27. The van der Waals surface area contributed by atoms with Gasteiger partial charge in [-0.3, -0.25) is 4.79 Å². The minimum atomic E-state index is -1.27. The lowest BCUT2D eigenvalue weighted by molar-refractivity contribution is -0.258. The van der Waals surface area contributed by atoms with Crippen molar-refractivity contribution in [1.82, 2.24) is 5.32 Å². The van der Waals surface area contributed by atoms with Gasteiger partial charge in [0.1, 0.15) is 23.9 Å². The summed E-state index contributed by atoms with van der Waals surface area (Å²) in [6.07, 6.45) is -2.52. The van der Waals surface area contributed by atoms with E-state index in [4.69, 9.17) is 4.74 Å². The Kier molecular flexibility index (Phi) is 10.2. The van der Waals surface area contributed by atoms with Crippen molar-refractivity contribution in [3.8, 4) is 16.5 Å². The lowest BCUT2D eigenvalue weighted by Gasteiger charge is -2.39. The molecule has 1 fully saturated rings. The maximum Gasteiger partial charge on any atom is 0.262 e.